The van der Waals surface area contributed by atoms with Crippen LogP contribution in [-0.2, 0) is 20.9 Å². The highest BCUT2D eigenvalue weighted by Crippen LogP contribution is 2.33. The van der Waals surface area contributed by atoms with E-state index in [1.54, 1.807) is 18.2 Å². The van der Waals surface area contributed by atoms with Crippen molar-refractivity contribution in [2.24, 2.45) is 0 Å². The second-order valence-corrected chi connectivity index (χ2v) is 8.35. The standard InChI is InChI=1S/C26H30N2O4/c1-19(29)28-13-12-21-8-3-4-11-24(21)25(28)16-26(30)27(18-23-10-6-14-32-23)17-20-7-5-9-22(15-20)31-2/h3-5,7-9,11-13,15,23,25H,6,10,14,16-18H2,1-2H3/t23-,25+/m1/s1. The van der Waals surface area contributed by atoms with Crippen LogP contribution in [0.3, 0.4) is 0 Å². The van der Waals surface area contributed by atoms with Gasteiger partial charge in [0.25, 0.3) is 0 Å². The predicted octanol–water partition coefficient (Wildman–Crippen LogP) is 4.17. The Hall–Kier alpha value is -3.12. The summed E-state index contributed by atoms with van der Waals surface area (Å²) in [4.78, 5) is 29.5. The minimum atomic E-state index is -0.321. The highest BCUT2D eigenvalue weighted by Gasteiger charge is 2.31. The number of nitrogens with zero attached hydrogens (tertiary/aromatic N) is 2. The van der Waals surface area contributed by atoms with Crippen LogP contribution >= 0.6 is 0 Å². The average molecular weight is 435 g/mol. The summed E-state index contributed by atoms with van der Waals surface area (Å²) < 4.78 is 11.2. The van der Waals surface area contributed by atoms with Gasteiger partial charge < -0.3 is 19.3 Å². The van der Waals surface area contributed by atoms with Gasteiger partial charge in [0, 0.05) is 32.8 Å². The lowest BCUT2D eigenvalue weighted by atomic mass is 9.93. The van der Waals surface area contributed by atoms with Crippen molar-refractivity contribution in [1.82, 2.24) is 9.80 Å². The summed E-state index contributed by atoms with van der Waals surface area (Å²) in [5.41, 5.74) is 3.04. The van der Waals surface area contributed by atoms with E-state index in [1.807, 2.05) is 59.5 Å². The molecule has 2 atom stereocenters. The van der Waals surface area contributed by atoms with E-state index in [4.69, 9.17) is 9.47 Å². The molecule has 2 aromatic rings. The minimum Gasteiger partial charge on any atom is -0.497 e. The number of benzene rings is 2. The maximum absolute atomic E-state index is 13.6. The molecule has 2 aliphatic heterocycles. The van der Waals surface area contributed by atoms with Crippen LogP contribution in [0.4, 0.5) is 0 Å². The van der Waals surface area contributed by atoms with Crippen molar-refractivity contribution in [3.8, 4) is 5.75 Å². The zero-order chi connectivity index (χ0) is 22.5. The fourth-order valence-corrected chi connectivity index (χ4v) is 4.49. The molecule has 6 heteroatoms. The molecule has 0 unspecified atom stereocenters. The molecule has 4 rings (SSSR count). The van der Waals surface area contributed by atoms with Gasteiger partial charge in [0.15, 0.2) is 0 Å². The lowest BCUT2D eigenvalue weighted by molar-refractivity contribution is -0.136. The molecular weight excluding hydrogens is 404 g/mol. The zero-order valence-electron chi connectivity index (χ0n) is 18.7. The molecule has 2 heterocycles. The van der Waals surface area contributed by atoms with Crippen molar-refractivity contribution in [3.05, 3.63) is 71.4 Å². The van der Waals surface area contributed by atoms with Crippen LogP contribution in [0.5, 0.6) is 5.75 Å². The van der Waals surface area contributed by atoms with Crippen molar-refractivity contribution in [2.75, 3.05) is 20.3 Å². The zero-order valence-corrected chi connectivity index (χ0v) is 18.7. The quantitative estimate of drug-likeness (QED) is 0.656. The fourth-order valence-electron chi connectivity index (χ4n) is 4.49. The molecule has 0 radical (unpaired) electrons. The smallest absolute Gasteiger partial charge is 0.225 e. The third kappa shape index (κ3) is 5.02. The van der Waals surface area contributed by atoms with Gasteiger partial charge in [-0.1, -0.05) is 36.4 Å². The number of carbonyl (C=O) groups is 2. The molecule has 2 aliphatic rings. The number of amides is 2. The van der Waals surface area contributed by atoms with Gasteiger partial charge in [-0.2, -0.15) is 0 Å². The van der Waals surface area contributed by atoms with Crippen molar-refractivity contribution in [3.63, 3.8) is 0 Å². The van der Waals surface area contributed by atoms with Crippen LogP contribution in [0.2, 0.25) is 0 Å². The van der Waals surface area contributed by atoms with Gasteiger partial charge in [-0.25, -0.2) is 0 Å². The predicted molar refractivity (Wildman–Crippen MR) is 123 cm³/mol. The van der Waals surface area contributed by atoms with E-state index < -0.39 is 0 Å². The Morgan fingerprint density at radius 2 is 2.03 bits per heavy atom. The monoisotopic (exact) mass is 434 g/mol. The molecule has 32 heavy (non-hydrogen) atoms. The van der Waals surface area contributed by atoms with Crippen molar-refractivity contribution in [1.29, 1.82) is 0 Å². The molecule has 6 nitrogen and oxygen atoms in total. The van der Waals surface area contributed by atoms with Crippen LogP contribution in [0, 0.1) is 0 Å². The maximum Gasteiger partial charge on any atom is 0.225 e. The first-order chi connectivity index (χ1) is 15.5. The van der Waals surface area contributed by atoms with Gasteiger partial charge in [0.1, 0.15) is 5.75 Å². The van der Waals surface area contributed by atoms with Crippen LogP contribution in [0.1, 0.15) is 48.9 Å². The first-order valence-electron chi connectivity index (χ1n) is 11.1. The number of ether oxygens (including phenoxy) is 2. The van der Waals surface area contributed by atoms with E-state index in [1.165, 1.54) is 6.92 Å². The highest BCUT2D eigenvalue weighted by atomic mass is 16.5. The van der Waals surface area contributed by atoms with Crippen LogP contribution < -0.4 is 4.74 Å². The lowest BCUT2D eigenvalue weighted by Crippen LogP contribution is -2.40. The van der Waals surface area contributed by atoms with E-state index in [-0.39, 0.29) is 30.4 Å². The van der Waals surface area contributed by atoms with E-state index in [0.717, 1.165) is 41.9 Å². The largest absolute Gasteiger partial charge is 0.497 e. The van der Waals surface area contributed by atoms with E-state index in [9.17, 15) is 9.59 Å². The summed E-state index contributed by atoms with van der Waals surface area (Å²) in [6, 6.07) is 15.4. The molecule has 168 valence electrons. The first kappa shape index (κ1) is 22.1. The van der Waals surface area contributed by atoms with E-state index in [0.29, 0.717) is 13.1 Å². The molecular formula is C26H30N2O4. The number of methoxy groups -OCH3 is 1. The summed E-state index contributed by atoms with van der Waals surface area (Å²) >= 11 is 0. The number of hydrogen-bond acceptors (Lipinski definition) is 4. The highest BCUT2D eigenvalue weighted by molar-refractivity contribution is 5.82. The Balaban J connectivity index is 1.57. The van der Waals surface area contributed by atoms with Gasteiger partial charge in [-0.05, 0) is 47.7 Å². The van der Waals surface area contributed by atoms with Crippen molar-refractivity contribution >= 4 is 17.9 Å². The number of fused-ring (bicyclic) bond motifs is 1. The molecule has 0 aliphatic carbocycles. The van der Waals surface area contributed by atoms with Crippen molar-refractivity contribution in [2.45, 2.75) is 44.9 Å². The minimum absolute atomic E-state index is 0.00433. The Bertz CT molecular complexity index is 997. The van der Waals surface area contributed by atoms with Crippen molar-refractivity contribution < 1.29 is 19.1 Å². The molecule has 0 N–H and O–H groups in total. The average Bonchev–Trinajstić information content (AvgIpc) is 3.32. The molecule has 0 aromatic heterocycles. The molecule has 2 aromatic carbocycles. The lowest BCUT2D eigenvalue weighted by Gasteiger charge is -2.34. The second-order valence-electron chi connectivity index (χ2n) is 8.35. The molecule has 1 fully saturated rings. The molecule has 1 saturated heterocycles. The summed E-state index contributed by atoms with van der Waals surface area (Å²) in [5.74, 6) is 0.692. The summed E-state index contributed by atoms with van der Waals surface area (Å²) in [7, 11) is 1.64. The van der Waals surface area contributed by atoms with Gasteiger partial charge >= 0.3 is 0 Å². The Morgan fingerprint density at radius 1 is 1.19 bits per heavy atom. The molecule has 0 saturated carbocycles. The normalized spacial score (nSPS) is 19.5. The Morgan fingerprint density at radius 3 is 2.78 bits per heavy atom. The summed E-state index contributed by atoms with van der Waals surface area (Å²) in [5, 5.41) is 0. The topological polar surface area (TPSA) is 59.1 Å². The number of hydrogen-bond donors (Lipinski definition) is 0. The van der Waals surface area contributed by atoms with Gasteiger partial charge in [0.2, 0.25) is 11.8 Å². The molecule has 0 bridgehead atoms. The fraction of sp³-hybridized carbons (Fsp3) is 0.385. The van der Waals surface area contributed by atoms with Crippen LogP contribution in [0.25, 0.3) is 6.08 Å². The third-order valence-corrected chi connectivity index (χ3v) is 6.15. The van der Waals surface area contributed by atoms with Gasteiger partial charge in [-0.3, -0.25) is 9.59 Å². The van der Waals surface area contributed by atoms with Gasteiger partial charge in [-0.15, -0.1) is 0 Å². The maximum atomic E-state index is 13.6. The molecule has 0 spiro atoms. The third-order valence-electron chi connectivity index (χ3n) is 6.15. The van der Waals surface area contributed by atoms with Crippen LogP contribution in [-0.4, -0.2) is 48.0 Å². The van der Waals surface area contributed by atoms with E-state index in [2.05, 4.69) is 0 Å². The van der Waals surface area contributed by atoms with Gasteiger partial charge in [0.05, 0.1) is 25.7 Å². The number of rotatable bonds is 7. The summed E-state index contributed by atoms with van der Waals surface area (Å²) in [6.07, 6.45) is 5.96. The number of carbonyl (C=O) groups excluding carboxylic acids is 2. The SMILES string of the molecule is COc1cccc(CN(C[C@H]2CCCO2)C(=O)C[C@H]2c3ccccc3C=CN2C(C)=O)c1. The first-order valence-corrected chi connectivity index (χ1v) is 11.1. The second kappa shape index (κ2) is 10.0. The Labute approximate surface area is 189 Å². The summed E-state index contributed by atoms with van der Waals surface area (Å²) in [6.45, 7) is 3.29. The Kier molecular flexibility index (Phi) is 6.90. The van der Waals surface area contributed by atoms with Crippen LogP contribution in [0.15, 0.2) is 54.7 Å². The molecule has 2 amide bonds. The van der Waals surface area contributed by atoms with E-state index >= 15 is 0 Å².